The van der Waals surface area contributed by atoms with E-state index in [2.05, 4.69) is 10.4 Å². The molecule has 7 nitrogen and oxygen atoms in total. The van der Waals surface area contributed by atoms with Crippen LogP contribution in [0.1, 0.15) is 28.9 Å². The summed E-state index contributed by atoms with van der Waals surface area (Å²) in [5, 5.41) is 7.27. The molecule has 0 unspecified atom stereocenters. The number of hydrogen-bond acceptors (Lipinski definition) is 4. The lowest BCUT2D eigenvalue weighted by Crippen LogP contribution is -2.41. The number of amides is 2. The summed E-state index contributed by atoms with van der Waals surface area (Å²) in [6, 6.07) is 4.44. The van der Waals surface area contributed by atoms with Gasteiger partial charge in [0.1, 0.15) is 11.5 Å². The van der Waals surface area contributed by atoms with E-state index in [-0.39, 0.29) is 23.0 Å². The van der Waals surface area contributed by atoms with Crippen molar-refractivity contribution in [3.63, 3.8) is 0 Å². The maximum atomic E-state index is 13.3. The van der Waals surface area contributed by atoms with Crippen molar-refractivity contribution < 1.29 is 22.8 Å². The number of nitrogens with one attached hydrogen (secondary N) is 1. The van der Waals surface area contributed by atoms with Crippen LogP contribution in [0.4, 0.5) is 13.2 Å². The molecule has 1 aromatic heterocycles. The summed E-state index contributed by atoms with van der Waals surface area (Å²) >= 11 is 5.79. The smallest absolute Gasteiger partial charge is 0.252 e. The van der Waals surface area contributed by atoms with Crippen LogP contribution in [0.25, 0.3) is 11.3 Å². The second-order valence-corrected chi connectivity index (χ2v) is 7.92. The molecule has 2 amide bonds. The van der Waals surface area contributed by atoms with Crippen molar-refractivity contribution in [1.29, 1.82) is 0 Å². The van der Waals surface area contributed by atoms with Gasteiger partial charge in [-0.1, -0.05) is 11.6 Å². The van der Waals surface area contributed by atoms with Gasteiger partial charge in [0.2, 0.25) is 12.8 Å². The summed E-state index contributed by atoms with van der Waals surface area (Å²) in [7, 11) is 1.81. The van der Waals surface area contributed by atoms with Crippen LogP contribution in [-0.4, -0.2) is 53.1 Å². The topological polar surface area (TPSA) is 93.2 Å². The van der Waals surface area contributed by atoms with Crippen molar-refractivity contribution in [1.82, 2.24) is 20.0 Å². The summed E-state index contributed by atoms with van der Waals surface area (Å²) < 4.78 is 38.5. The lowest BCUT2D eigenvalue weighted by atomic mass is 9.81. The zero-order valence-corrected chi connectivity index (χ0v) is 17.6. The predicted octanol–water partition coefficient (Wildman–Crippen LogP) is 2.66. The number of fused-ring (bicyclic) bond motifs is 1. The normalized spacial score (nSPS) is 19.9. The maximum Gasteiger partial charge on any atom is 0.252 e. The molecule has 1 aromatic carbocycles. The van der Waals surface area contributed by atoms with Crippen LogP contribution in [0.5, 0.6) is 0 Å². The Morgan fingerprint density at radius 2 is 2.06 bits per heavy atom. The molecule has 4 rings (SSSR count). The van der Waals surface area contributed by atoms with E-state index in [9.17, 15) is 22.8 Å². The summed E-state index contributed by atoms with van der Waals surface area (Å²) in [4.78, 5) is 24.3. The summed E-state index contributed by atoms with van der Waals surface area (Å²) in [5.74, 6) is -1.53. The first-order valence-corrected chi connectivity index (χ1v) is 10.1. The van der Waals surface area contributed by atoms with Crippen LogP contribution >= 0.6 is 11.6 Å². The first-order valence-electron chi connectivity index (χ1n) is 9.74. The van der Waals surface area contributed by atoms with Crippen molar-refractivity contribution in [3.8, 4) is 11.3 Å². The molecule has 0 spiro atoms. The van der Waals surface area contributed by atoms with Gasteiger partial charge in [0, 0.05) is 24.1 Å². The Bertz CT molecular complexity index is 963. The highest BCUT2D eigenvalue weighted by Crippen LogP contribution is 2.32. The van der Waals surface area contributed by atoms with Crippen LogP contribution in [0.3, 0.4) is 0 Å². The molecule has 2 heterocycles. The fraction of sp³-hybridized carbons (Fsp3) is 0.450. The standard InChI is InChI=1S/C14H12ClFN4O2.C6H11F2N/c15-9-5-8(1-2-10(9)16)13-12(14(17)22)11-6-19(7-21)3-4-20(11)18-13;1-9-5-2-4(3-5)6(7)8/h1-2,5,7H,3-4,6H2,(H2,17,22);4-6,9H,2-3H2,1H3. The third-order valence-electron chi connectivity index (χ3n) is 5.54. The van der Waals surface area contributed by atoms with Gasteiger partial charge in [-0.25, -0.2) is 13.2 Å². The first-order chi connectivity index (χ1) is 14.7. The minimum Gasteiger partial charge on any atom is -0.365 e. The SMILES string of the molecule is CNC1CC(C(F)F)C1.NC(=O)c1c(-c2ccc(F)c(Cl)c2)nn2c1CN(C=O)CC2. The van der Waals surface area contributed by atoms with Gasteiger partial charge in [-0.15, -0.1) is 0 Å². The van der Waals surface area contributed by atoms with E-state index >= 15 is 0 Å². The summed E-state index contributed by atoms with van der Waals surface area (Å²) in [6.45, 7) is 1.22. The predicted molar refractivity (Wildman–Crippen MR) is 109 cm³/mol. The van der Waals surface area contributed by atoms with Crippen molar-refractivity contribution in [2.75, 3.05) is 13.6 Å². The molecule has 0 atom stereocenters. The van der Waals surface area contributed by atoms with Gasteiger partial charge in [-0.05, 0) is 38.1 Å². The summed E-state index contributed by atoms with van der Waals surface area (Å²) in [5.41, 5.74) is 7.11. The second-order valence-electron chi connectivity index (χ2n) is 7.51. The number of alkyl halides is 2. The molecule has 3 N–H and O–H groups in total. The van der Waals surface area contributed by atoms with Gasteiger partial charge >= 0.3 is 0 Å². The number of carbonyl (C=O) groups is 2. The van der Waals surface area contributed by atoms with E-state index in [0.29, 0.717) is 48.9 Å². The monoisotopic (exact) mass is 457 g/mol. The van der Waals surface area contributed by atoms with Gasteiger partial charge in [-0.3, -0.25) is 14.3 Å². The highest BCUT2D eigenvalue weighted by molar-refractivity contribution is 6.31. The first kappa shape index (κ1) is 23.1. The number of nitrogens with zero attached hydrogens (tertiary/aromatic N) is 3. The van der Waals surface area contributed by atoms with E-state index in [0.717, 1.165) is 6.41 Å². The van der Waals surface area contributed by atoms with Gasteiger partial charge < -0.3 is 16.0 Å². The molecule has 1 aliphatic heterocycles. The minimum absolute atomic E-state index is 0.0617. The van der Waals surface area contributed by atoms with Crippen molar-refractivity contribution >= 4 is 23.9 Å². The number of carbonyl (C=O) groups excluding carboxylic acids is 2. The van der Waals surface area contributed by atoms with Crippen LogP contribution in [0.2, 0.25) is 5.02 Å². The lowest BCUT2D eigenvalue weighted by Gasteiger charge is -2.34. The van der Waals surface area contributed by atoms with Crippen LogP contribution in [0, 0.1) is 11.7 Å². The number of aromatic nitrogens is 2. The average molecular weight is 458 g/mol. The fourth-order valence-corrected chi connectivity index (χ4v) is 3.82. The highest BCUT2D eigenvalue weighted by Gasteiger charge is 2.34. The van der Waals surface area contributed by atoms with Crippen molar-refractivity contribution in [3.05, 3.63) is 40.3 Å². The largest absolute Gasteiger partial charge is 0.365 e. The number of primary amides is 1. The van der Waals surface area contributed by atoms with Crippen LogP contribution < -0.4 is 11.1 Å². The van der Waals surface area contributed by atoms with Gasteiger partial charge in [0.05, 0.1) is 29.4 Å². The van der Waals surface area contributed by atoms with Crippen LogP contribution in [-0.2, 0) is 17.9 Å². The number of benzene rings is 1. The molecule has 1 aliphatic carbocycles. The zero-order chi connectivity index (χ0) is 22.7. The second kappa shape index (κ2) is 9.69. The molecule has 1 saturated carbocycles. The molecule has 0 bridgehead atoms. The Morgan fingerprint density at radius 3 is 2.61 bits per heavy atom. The van der Waals surface area contributed by atoms with Gasteiger partial charge in [0.25, 0.3) is 5.91 Å². The molecule has 11 heteroatoms. The molecule has 0 radical (unpaired) electrons. The van der Waals surface area contributed by atoms with Crippen molar-refractivity contribution in [2.45, 2.75) is 38.4 Å². The molecule has 0 saturated heterocycles. The molecule has 168 valence electrons. The minimum atomic E-state index is -2.10. The van der Waals surface area contributed by atoms with Gasteiger partial charge in [0.15, 0.2) is 0 Å². The number of rotatable bonds is 5. The van der Waals surface area contributed by atoms with E-state index in [1.165, 1.54) is 23.1 Å². The molecule has 2 aromatic rings. The van der Waals surface area contributed by atoms with E-state index in [1.807, 2.05) is 7.05 Å². The highest BCUT2D eigenvalue weighted by atomic mass is 35.5. The van der Waals surface area contributed by atoms with Crippen molar-refractivity contribution in [2.24, 2.45) is 11.7 Å². The lowest BCUT2D eigenvalue weighted by molar-refractivity contribution is -0.119. The summed E-state index contributed by atoms with van der Waals surface area (Å²) in [6.07, 6.45) is -0.0903. The quantitative estimate of drug-likeness (QED) is 0.675. The Morgan fingerprint density at radius 1 is 1.35 bits per heavy atom. The Balaban J connectivity index is 0.000000254. The Hall–Kier alpha value is -2.59. The third kappa shape index (κ3) is 5.01. The molecular weight excluding hydrogens is 435 g/mol. The van der Waals surface area contributed by atoms with E-state index in [1.54, 1.807) is 4.68 Å². The molecule has 31 heavy (non-hydrogen) atoms. The number of halogens is 4. The van der Waals surface area contributed by atoms with Gasteiger partial charge in [-0.2, -0.15) is 5.10 Å². The van der Waals surface area contributed by atoms with E-state index < -0.39 is 18.1 Å². The molecule has 1 fully saturated rings. The zero-order valence-electron chi connectivity index (χ0n) is 16.8. The Kier molecular flexibility index (Phi) is 7.22. The maximum absolute atomic E-state index is 13.3. The van der Waals surface area contributed by atoms with E-state index in [4.69, 9.17) is 17.3 Å². The van der Waals surface area contributed by atoms with Crippen LogP contribution in [0.15, 0.2) is 18.2 Å². The molecule has 2 aliphatic rings. The molecular formula is C20H23ClF3N5O2. The average Bonchev–Trinajstić information content (AvgIpc) is 3.08. The number of nitrogens with two attached hydrogens (primary N) is 1. The Labute approximate surface area is 182 Å². The number of hydrogen-bond donors (Lipinski definition) is 2. The fourth-order valence-electron chi connectivity index (χ4n) is 3.63. The third-order valence-corrected chi connectivity index (χ3v) is 5.83.